The highest BCUT2D eigenvalue weighted by Crippen LogP contribution is 2.19. The molecular weight excluding hydrogens is 193 g/mol. The lowest BCUT2D eigenvalue weighted by Crippen LogP contribution is -2.06. The number of aryl methyl sites for hydroxylation is 1. The standard InChI is InChI=1S/C9H12ClN.ClH/c1-6-5-8(10)3-4-9(6)7(2)11;/h3-5,7H,11H2,1-2H3;1H. The van der Waals surface area contributed by atoms with Crippen LogP contribution in [0.3, 0.4) is 0 Å². The van der Waals surface area contributed by atoms with Crippen LogP contribution in [0.4, 0.5) is 0 Å². The third kappa shape index (κ3) is 2.67. The maximum Gasteiger partial charge on any atom is 0.0408 e. The Kier molecular flexibility index (Phi) is 4.61. The average Bonchev–Trinajstić information content (AvgIpc) is 1.85. The minimum Gasteiger partial charge on any atom is -0.324 e. The van der Waals surface area contributed by atoms with Crippen LogP contribution in [0.2, 0.25) is 5.02 Å². The van der Waals surface area contributed by atoms with Crippen molar-refractivity contribution in [2.75, 3.05) is 0 Å². The largest absolute Gasteiger partial charge is 0.324 e. The molecule has 0 saturated carbocycles. The molecule has 1 unspecified atom stereocenters. The third-order valence-electron chi connectivity index (χ3n) is 1.72. The molecule has 68 valence electrons. The Morgan fingerprint density at radius 3 is 2.42 bits per heavy atom. The summed E-state index contributed by atoms with van der Waals surface area (Å²) >= 11 is 5.78. The fourth-order valence-electron chi connectivity index (χ4n) is 1.15. The molecule has 1 aromatic carbocycles. The molecule has 1 rings (SSSR count). The molecular formula is C9H13Cl2N. The molecule has 3 heteroatoms. The van der Waals surface area contributed by atoms with E-state index in [1.165, 1.54) is 0 Å². The minimum atomic E-state index is 0. The fourth-order valence-corrected chi connectivity index (χ4v) is 1.38. The first-order valence-electron chi connectivity index (χ1n) is 3.63. The van der Waals surface area contributed by atoms with E-state index in [2.05, 4.69) is 0 Å². The lowest BCUT2D eigenvalue weighted by atomic mass is 10.0. The van der Waals surface area contributed by atoms with Crippen LogP contribution >= 0.6 is 24.0 Å². The van der Waals surface area contributed by atoms with Crippen LogP contribution in [-0.4, -0.2) is 0 Å². The normalized spacial score (nSPS) is 12.0. The molecule has 0 fully saturated rings. The first-order valence-corrected chi connectivity index (χ1v) is 4.00. The summed E-state index contributed by atoms with van der Waals surface area (Å²) in [6, 6.07) is 5.86. The van der Waals surface area contributed by atoms with Crippen LogP contribution in [0.1, 0.15) is 24.1 Å². The topological polar surface area (TPSA) is 26.0 Å². The van der Waals surface area contributed by atoms with Gasteiger partial charge in [-0.25, -0.2) is 0 Å². The van der Waals surface area contributed by atoms with Gasteiger partial charge in [-0.3, -0.25) is 0 Å². The molecule has 2 N–H and O–H groups in total. The van der Waals surface area contributed by atoms with Crippen LogP contribution in [-0.2, 0) is 0 Å². The van der Waals surface area contributed by atoms with Crippen molar-refractivity contribution in [2.45, 2.75) is 19.9 Å². The van der Waals surface area contributed by atoms with Crippen LogP contribution in [0, 0.1) is 6.92 Å². The molecule has 0 spiro atoms. The number of hydrogen-bond donors (Lipinski definition) is 1. The summed E-state index contributed by atoms with van der Waals surface area (Å²) in [7, 11) is 0. The number of benzene rings is 1. The molecule has 0 aliphatic heterocycles. The summed E-state index contributed by atoms with van der Waals surface area (Å²) in [5.41, 5.74) is 8.04. The number of nitrogens with two attached hydrogens (primary N) is 1. The Morgan fingerprint density at radius 2 is 2.00 bits per heavy atom. The van der Waals surface area contributed by atoms with Gasteiger partial charge >= 0.3 is 0 Å². The highest BCUT2D eigenvalue weighted by Gasteiger charge is 2.02. The summed E-state index contributed by atoms with van der Waals surface area (Å²) in [5, 5.41) is 0.770. The second kappa shape index (κ2) is 4.70. The minimum absolute atomic E-state index is 0. The molecule has 0 bridgehead atoms. The SMILES string of the molecule is Cc1cc(Cl)ccc1C(C)N.Cl. The molecule has 1 atom stereocenters. The average molecular weight is 206 g/mol. The summed E-state index contributed by atoms with van der Waals surface area (Å²) in [5.74, 6) is 0. The predicted octanol–water partition coefficient (Wildman–Crippen LogP) is 3.09. The second-order valence-electron chi connectivity index (χ2n) is 2.79. The lowest BCUT2D eigenvalue weighted by molar-refractivity contribution is 0.810. The van der Waals surface area contributed by atoms with Crippen LogP contribution in [0.5, 0.6) is 0 Å². The van der Waals surface area contributed by atoms with Crippen LogP contribution in [0.15, 0.2) is 18.2 Å². The maximum absolute atomic E-state index is 5.78. The van der Waals surface area contributed by atoms with E-state index >= 15 is 0 Å². The summed E-state index contributed by atoms with van der Waals surface area (Å²) in [6.45, 7) is 3.99. The van der Waals surface area contributed by atoms with Crippen molar-refractivity contribution in [3.05, 3.63) is 34.3 Å². The highest BCUT2D eigenvalue weighted by molar-refractivity contribution is 6.30. The van der Waals surface area contributed by atoms with Gasteiger partial charge in [0, 0.05) is 11.1 Å². The summed E-state index contributed by atoms with van der Waals surface area (Å²) in [4.78, 5) is 0. The van der Waals surface area contributed by atoms with Crippen LogP contribution < -0.4 is 5.73 Å². The monoisotopic (exact) mass is 205 g/mol. The number of hydrogen-bond acceptors (Lipinski definition) is 1. The van der Waals surface area contributed by atoms with Gasteiger partial charge in [0.25, 0.3) is 0 Å². The van der Waals surface area contributed by atoms with Crippen molar-refractivity contribution in [1.82, 2.24) is 0 Å². The van der Waals surface area contributed by atoms with Gasteiger partial charge in [0.15, 0.2) is 0 Å². The van der Waals surface area contributed by atoms with Gasteiger partial charge in [0.2, 0.25) is 0 Å². The van der Waals surface area contributed by atoms with E-state index in [-0.39, 0.29) is 18.4 Å². The third-order valence-corrected chi connectivity index (χ3v) is 1.96. The Labute approximate surface area is 84.3 Å². The van der Waals surface area contributed by atoms with E-state index < -0.39 is 0 Å². The number of halogens is 2. The summed E-state index contributed by atoms with van der Waals surface area (Å²) < 4.78 is 0. The van der Waals surface area contributed by atoms with E-state index in [1.807, 2.05) is 32.0 Å². The van der Waals surface area contributed by atoms with Gasteiger partial charge in [-0.15, -0.1) is 12.4 Å². The highest BCUT2D eigenvalue weighted by atomic mass is 35.5. The Hall–Kier alpha value is -0.240. The molecule has 0 radical (unpaired) electrons. The molecule has 0 heterocycles. The molecule has 1 aromatic rings. The first-order chi connectivity index (χ1) is 5.11. The van der Waals surface area contributed by atoms with Crippen LogP contribution in [0.25, 0.3) is 0 Å². The number of rotatable bonds is 1. The Morgan fingerprint density at radius 1 is 1.42 bits per heavy atom. The fraction of sp³-hybridized carbons (Fsp3) is 0.333. The molecule has 0 aromatic heterocycles. The first kappa shape index (κ1) is 11.8. The van der Waals surface area contributed by atoms with Crippen molar-refractivity contribution in [3.8, 4) is 0 Å². The Bertz CT molecular complexity index is 259. The van der Waals surface area contributed by atoms with Gasteiger partial charge < -0.3 is 5.73 Å². The summed E-state index contributed by atoms with van der Waals surface area (Å²) in [6.07, 6.45) is 0. The Balaban J connectivity index is 0.00000121. The molecule has 0 aliphatic rings. The van der Waals surface area contributed by atoms with Crippen molar-refractivity contribution >= 4 is 24.0 Å². The van der Waals surface area contributed by atoms with Crippen molar-refractivity contribution in [3.63, 3.8) is 0 Å². The predicted molar refractivity (Wildman–Crippen MR) is 56.0 cm³/mol. The molecule has 0 aliphatic carbocycles. The van der Waals surface area contributed by atoms with Gasteiger partial charge in [0.05, 0.1) is 0 Å². The van der Waals surface area contributed by atoms with Gasteiger partial charge in [-0.1, -0.05) is 17.7 Å². The molecule has 0 saturated heterocycles. The zero-order chi connectivity index (χ0) is 8.43. The quantitative estimate of drug-likeness (QED) is 0.750. The van der Waals surface area contributed by atoms with Gasteiger partial charge in [-0.05, 0) is 37.1 Å². The van der Waals surface area contributed by atoms with E-state index in [0.717, 1.165) is 16.1 Å². The van der Waals surface area contributed by atoms with Crippen molar-refractivity contribution in [2.24, 2.45) is 5.73 Å². The zero-order valence-corrected chi connectivity index (χ0v) is 8.75. The van der Waals surface area contributed by atoms with E-state index in [4.69, 9.17) is 17.3 Å². The molecule has 12 heavy (non-hydrogen) atoms. The van der Waals surface area contributed by atoms with E-state index in [0.29, 0.717) is 0 Å². The van der Waals surface area contributed by atoms with Gasteiger partial charge in [0.1, 0.15) is 0 Å². The van der Waals surface area contributed by atoms with Crippen molar-refractivity contribution < 1.29 is 0 Å². The lowest BCUT2D eigenvalue weighted by Gasteiger charge is -2.08. The maximum atomic E-state index is 5.78. The molecule has 0 amide bonds. The molecule has 1 nitrogen and oxygen atoms in total. The van der Waals surface area contributed by atoms with E-state index in [1.54, 1.807) is 0 Å². The van der Waals surface area contributed by atoms with E-state index in [9.17, 15) is 0 Å². The smallest absolute Gasteiger partial charge is 0.0408 e. The van der Waals surface area contributed by atoms with Crippen molar-refractivity contribution in [1.29, 1.82) is 0 Å². The van der Waals surface area contributed by atoms with Gasteiger partial charge in [-0.2, -0.15) is 0 Å². The second-order valence-corrected chi connectivity index (χ2v) is 3.23. The zero-order valence-electron chi connectivity index (χ0n) is 7.17.